The van der Waals surface area contributed by atoms with Crippen LogP contribution in [0.3, 0.4) is 0 Å². The zero-order chi connectivity index (χ0) is 10.4. The van der Waals surface area contributed by atoms with Crippen LogP contribution in [-0.4, -0.2) is 23.3 Å². The lowest BCUT2D eigenvalue weighted by Crippen LogP contribution is -2.09. The average Bonchev–Trinajstić information content (AvgIpc) is 2.18. The minimum absolute atomic E-state index is 0.295. The molecule has 14 heavy (non-hydrogen) atoms. The van der Waals surface area contributed by atoms with E-state index in [0.29, 0.717) is 18.9 Å². The second kappa shape index (κ2) is 6.11. The van der Waals surface area contributed by atoms with Crippen LogP contribution in [-0.2, 0) is 4.74 Å². The summed E-state index contributed by atoms with van der Waals surface area (Å²) in [5, 5.41) is 9.71. The van der Waals surface area contributed by atoms with Crippen molar-refractivity contribution in [3.05, 3.63) is 28.5 Å². The summed E-state index contributed by atoms with van der Waals surface area (Å²) in [6, 6.07) is 3.67. The summed E-state index contributed by atoms with van der Waals surface area (Å²) < 4.78 is 6.06. The van der Waals surface area contributed by atoms with Gasteiger partial charge in [-0.15, -0.1) is 0 Å². The van der Waals surface area contributed by atoms with Gasteiger partial charge in [0, 0.05) is 17.3 Å². The van der Waals surface area contributed by atoms with E-state index in [1.807, 2.05) is 19.1 Å². The SMILES string of the molecule is CCCOCC(O)c1ncccc1Br. The molecule has 0 aliphatic heterocycles. The van der Waals surface area contributed by atoms with Crippen LogP contribution in [0.2, 0.25) is 0 Å². The van der Waals surface area contributed by atoms with Gasteiger partial charge in [0.15, 0.2) is 0 Å². The van der Waals surface area contributed by atoms with E-state index in [-0.39, 0.29) is 0 Å². The van der Waals surface area contributed by atoms with Crippen molar-refractivity contribution in [1.82, 2.24) is 4.98 Å². The first kappa shape index (κ1) is 11.6. The largest absolute Gasteiger partial charge is 0.384 e. The molecule has 0 aliphatic rings. The summed E-state index contributed by atoms with van der Waals surface area (Å²) in [4.78, 5) is 4.08. The van der Waals surface area contributed by atoms with E-state index in [4.69, 9.17) is 4.74 Å². The van der Waals surface area contributed by atoms with Crippen molar-refractivity contribution in [2.45, 2.75) is 19.4 Å². The van der Waals surface area contributed by atoms with Gasteiger partial charge in [0.1, 0.15) is 6.10 Å². The predicted octanol–water partition coefficient (Wildman–Crippen LogP) is 2.30. The van der Waals surface area contributed by atoms with Crippen LogP contribution < -0.4 is 0 Å². The number of pyridine rings is 1. The molecule has 0 saturated carbocycles. The summed E-state index contributed by atoms with van der Waals surface area (Å²) in [7, 11) is 0. The van der Waals surface area contributed by atoms with Gasteiger partial charge in [-0.05, 0) is 34.5 Å². The molecule has 1 atom stereocenters. The Labute approximate surface area is 92.3 Å². The second-order valence-electron chi connectivity index (χ2n) is 2.96. The van der Waals surface area contributed by atoms with Crippen LogP contribution in [0, 0.1) is 0 Å². The molecule has 78 valence electrons. The van der Waals surface area contributed by atoms with E-state index >= 15 is 0 Å². The van der Waals surface area contributed by atoms with E-state index in [2.05, 4.69) is 20.9 Å². The molecule has 1 aromatic heterocycles. The standard InChI is InChI=1S/C10H14BrNO2/c1-2-6-14-7-9(13)10-8(11)4-3-5-12-10/h3-5,9,13H,2,6-7H2,1H3. The molecule has 0 spiro atoms. The van der Waals surface area contributed by atoms with Crippen LogP contribution in [0.5, 0.6) is 0 Å². The minimum atomic E-state index is -0.655. The molecule has 0 amide bonds. The van der Waals surface area contributed by atoms with Crippen molar-refractivity contribution in [2.24, 2.45) is 0 Å². The smallest absolute Gasteiger partial charge is 0.120 e. The van der Waals surface area contributed by atoms with E-state index < -0.39 is 6.10 Å². The Hall–Kier alpha value is -0.450. The average molecular weight is 260 g/mol. The number of hydrogen-bond acceptors (Lipinski definition) is 3. The molecule has 1 rings (SSSR count). The predicted molar refractivity (Wildman–Crippen MR) is 58.0 cm³/mol. The third-order valence-corrected chi connectivity index (χ3v) is 2.40. The van der Waals surface area contributed by atoms with E-state index in [9.17, 15) is 5.11 Å². The highest BCUT2D eigenvalue weighted by Crippen LogP contribution is 2.20. The maximum atomic E-state index is 9.71. The van der Waals surface area contributed by atoms with Crippen LogP contribution in [0.1, 0.15) is 25.1 Å². The quantitative estimate of drug-likeness (QED) is 0.826. The van der Waals surface area contributed by atoms with Crippen molar-refractivity contribution in [1.29, 1.82) is 0 Å². The molecule has 1 aromatic rings. The molecule has 0 bridgehead atoms. The Bertz CT molecular complexity index is 281. The van der Waals surface area contributed by atoms with Crippen LogP contribution in [0.15, 0.2) is 22.8 Å². The normalized spacial score (nSPS) is 12.8. The van der Waals surface area contributed by atoms with Gasteiger partial charge in [-0.1, -0.05) is 6.92 Å². The van der Waals surface area contributed by atoms with Gasteiger partial charge >= 0.3 is 0 Å². The molecule has 0 fully saturated rings. The fourth-order valence-electron chi connectivity index (χ4n) is 1.06. The first-order chi connectivity index (χ1) is 6.75. The highest BCUT2D eigenvalue weighted by Gasteiger charge is 2.11. The minimum Gasteiger partial charge on any atom is -0.384 e. The second-order valence-corrected chi connectivity index (χ2v) is 3.82. The van der Waals surface area contributed by atoms with Crippen molar-refractivity contribution in [3.63, 3.8) is 0 Å². The lowest BCUT2D eigenvalue weighted by molar-refractivity contribution is 0.0338. The number of aliphatic hydroxyl groups excluding tert-OH is 1. The number of rotatable bonds is 5. The monoisotopic (exact) mass is 259 g/mol. The lowest BCUT2D eigenvalue weighted by atomic mass is 10.2. The first-order valence-electron chi connectivity index (χ1n) is 4.62. The fourth-order valence-corrected chi connectivity index (χ4v) is 1.58. The molecule has 0 radical (unpaired) electrons. The van der Waals surface area contributed by atoms with Gasteiger partial charge in [-0.25, -0.2) is 0 Å². The third kappa shape index (κ3) is 3.36. The zero-order valence-electron chi connectivity index (χ0n) is 8.11. The molecule has 1 unspecified atom stereocenters. The number of aliphatic hydroxyl groups is 1. The summed E-state index contributed by atoms with van der Waals surface area (Å²) in [6.45, 7) is 2.99. The number of nitrogens with zero attached hydrogens (tertiary/aromatic N) is 1. The number of aromatic nitrogens is 1. The van der Waals surface area contributed by atoms with Gasteiger partial charge in [0.2, 0.25) is 0 Å². The summed E-state index contributed by atoms with van der Waals surface area (Å²) >= 11 is 3.33. The Kier molecular flexibility index (Phi) is 5.07. The van der Waals surface area contributed by atoms with Crippen LogP contribution >= 0.6 is 15.9 Å². The molecule has 1 heterocycles. The molecule has 0 aromatic carbocycles. The van der Waals surface area contributed by atoms with Gasteiger partial charge < -0.3 is 9.84 Å². The van der Waals surface area contributed by atoms with E-state index in [1.54, 1.807) is 6.20 Å². The Morgan fingerprint density at radius 1 is 1.64 bits per heavy atom. The lowest BCUT2D eigenvalue weighted by Gasteiger charge is -2.11. The molecular formula is C10H14BrNO2. The van der Waals surface area contributed by atoms with E-state index in [0.717, 1.165) is 10.9 Å². The molecular weight excluding hydrogens is 246 g/mol. The van der Waals surface area contributed by atoms with Gasteiger partial charge in [-0.3, -0.25) is 4.98 Å². The van der Waals surface area contributed by atoms with Crippen molar-refractivity contribution in [3.8, 4) is 0 Å². The molecule has 3 nitrogen and oxygen atoms in total. The van der Waals surface area contributed by atoms with Gasteiger partial charge in [-0.2, -0.15) is 0 Å². The summed E-state index contributed by atoms with van der Waals surface area (Å²) in [6.07, 6.45) is 1.95. The van der Waals surface area contributed by atoms with Gasteiger partial charge in [0.25, 0.3) is 0 Å². The van der Waals surface area contributed by atoms with Crippen LogP contribution in [0.4, 0.5) is 0 Å². The Balaban J connectivity index is 2.51. The summed E-state index contributed by atoms with van der Waals surface area (Å²) in [5.41, 5.74) is 0.628. The molecule has 1 N–H and O–H groups in total. The van der Waals surface area contributed by atoms with E-state index in [1.165, 1.54) is 0 Å². The highest BCUT2D eigenvalue weighted by atomic mass is 79.9. The Morgan fingerprint density at radius 2 is 2.43 bits per heavy atom. The van der Waals surface area contributed by atoms with Crippen LogP contribution in [0.25, 0.3) is 0 Å². The third-order valence-electron chi connectivity index (χ3n) is 1.73. The number of halogens is 1. The first-order valence-corrected chi connectivity index (χ1v) is 5.41. The van der Waals surface area contributed by atoms with Gasteiger partial charge in [0.05, 0.1) is 12.3 Å². The van der Waals surface area contributed by atoms with Crippen molar-refractivity contribution < 1.29 is 9.84 Å². The highest BCUT2D eigenvalue weighted by molar-refractivity contribution is 9.10. The summed E-state index contributed by atoms with van der Waals surface area (Å²) in [5.74, 6) is 0. The fraction of sp³-hybridized carbons (Fsp3) is 0.500. The maximum absolute atomic E-state index is 9.71. The number of ether oxygens (including phenoxy) is 1. The maximum Gasteiger partial charge on any atom is 0.120 e. The molecule has 0 aliphatic carbocycles. The van der Waals surface area contributed by atoms with Crippen molar-refractivity contribution >= 4 is 15.9 Å². The van der Waals surface area contributed by atoms with Crippen molar-refractivity contribution in [2.75, 3.05) is 13.2 Å². The zero-order valence-corrected chi connectivity index (χ0v) is 9.70. The Morgan fingerprint density at radius 3 is 3.07 bits per heavy atom. The molecule has 0 saturated heterocycles. The topological polar surface area (TPSA) is 42.4 Å². The number of hydrogen-bond donors (Lipinski definition) is 1. The molecule has 4 heteroatoms.